The summed E-state index contributed by atoms with van der Waals surface area (Å²) in [5, 5.41) is 5.03. The van der Waals surface area contributed by atoms with Gasteiger partial charge in [-0.1, -0.05) is 6.07 Å². The van der Waals surface area contributed by atoms with E-state index in [0.717, 1.165) is 32.7 Å². The minimum absolute atomic E-state index is 0.00697. The number of piperazine rings is 1. The molecule has 1 aliphatic heterocycles. The number of carbonyl (C=O) groups excluding carboxylic acids is 2. The van der Waals surface area contributed by atoms with Crippen molar-refractivity contribution in [2.75, 3.05) is 45.2 Å². The number of quaternary nitrogens is 2. The van der Waals surface area contributed by atoms with Crippen LogP contribution in [0.25, 0.3) is 0 Å². The van der Waals surface area contributed by atoms with Crippen LogP contribution in [-0.2, 0) is 16.1 Å². The fourth-order valence-electron chi connectivity index (χ4n) is 3.21. The second-order valence-corrected chi connectivity index (χ2v) is 7.58. The quantitative estimate of drug-likeness (QED) is 0.594. The molecule has 138 valence electrons. The summed E-state index contributed by atoms with van der Waals surface area (Å²) in [5.41, 5.74) is 1.17. The SMILES string of the molecule is COC(=O)c1ccc(NC(=O)C[NH+]2CC[NH+](Cc3cccs3)CC2)cc1. The number of thiophene rings is 1. The van der Waals surface area contributed by atoms with Crippen molar-refractivity contribution >= 4 is 28.9 Å². The maximum absolute atomic E-state index is 12.3. The molecule has 0 atom stereocenters. The average molecular weight is 375 g/mol. The van der Waals surface area contributed by atoms with Gasteiger partial charge in [0.1, 0.15) is 32.7 Å². The van der Waals surface area contributed by atoms with E-state index < -0.39 is 0 Å². The minimum Gasteiger partial charge on any atom is -0.465 e. The first kappa shape index (κ1) is 18.6. The zero-order valence-corrected chi connectivity index (χ0v) is 15.7. The molecule has 3 N–H and O–H groups in total. The van der Waals surface area contributed by atoms with Crippen molar-refractivity contribution in [1.29, 1.82) is 0 Å². The van der Waals surface area contributed by atoms with Crippen LogP contribution in [0.15, 0.2) is 41.8 Å². The number of methoxy groups -OCH3 is 1. The molecule has 1 aromatic heterocycles. The Morgan fingerprint density at radius 3 is 2.38 bits per heavy atom. The van der Waals surface area contributed by atoms with E-state index in [0.29, 0.717) is 17.8 Å². The van der Waals surface area contributed by atoms with E-state index in [1.807, 2.05) is 11.3 Å². The van der Waals surface area contributed by atoms with Crippen LogP contribution in [-0.4, -0.2) is 51.7 Å². The van der Waals surface area contributed by atoms with Gasteiger partial charge in [0.25, 0.3) is 5.91 Å². The van der Waals surface area contributed by atoms with Crippen LogP contribution in [0.2, 0.25) is 0 Å². The van der Waals surface area contributed by atoms with E-state index in [9.17, 15) is 9.59 Å². The highest BCUT2D eigenvalue weighted by Gasteiger charge is 2.25. The van der Waals surface area contributed by atoms with E-state index in [2.05, 4.69) is 27.6 Å². The molecule has 0 saturated carbocycles. The third-order valence-corrected chi connectivity index (χ3v) is 5.55. The van der Waals surface area contributed by atoms with Crippen molar-refractivity contribution in [1.82, 2.24) is 0 Å². The zero-order chi connectivity index (χ0) is 18.4. The van der Waals surface area contributed by atoms with Crippen LogP contribution >= 0.6 is 11.3 Å². The second-order valence-electron chi connectivity index (χ2n) is 6.55. The van der Waals surface area contributed by atoms with Gasteiger partial charge in [0.2, 0.25) is 0 Å². The lowest BCUT2D eigenvalue weighted by molar-refractivity contribution is -1.01. The third kappa shape index (κ3) is 5.14. The minimum atomic E-state index is -0.379. The lowest BCUT2D eigenvalue weighted by Crippen LogP contribution is -3.28. The fraction of sp³-hybridized carbons (Fsp3) is 0.368. The van der Waals surface area contributed by atoms with Crippen molar-refractivity contribution in [3.63, 3.8) is 0 Å². The van der Waals surface area contributed by atoms with Crippen LogP contribution < -0.4 is 15.1 Å². The van der Waals surface area contributed by atoms with Gasteiger partial charge >= 0.3 is 5.97 Å². The van der Waals surface area contributed by atoms with Gasteiger partial charge in [-0.15, -0.1) is 11.3 Å². The molecule has 7 heteroatoms. The number of hydrogen-bond donors (Lipinski definition) is 3. The first-order valence-electron chi connectivity index (χ1n) is 8.82. The van der Waals surface area contributed by atoms with E-state index >= 15 is 0 Å². The third-order valence-electron chi connectivity index (χ3n) is 4.67. The number of anilines is 1. The zero-order valence-electron chi connectivity index (χ0n) is 14.9. The average Bonchev–Trinajstić information content (AvgIpc) is 3.16. The summed E-state index contributed by atoms with van der Waals surface area (Å²) < 4.78 is 4.67. The van der Waals surface area contributed by atoms with Crippen molar-refractivity contribution in [3.05, 3.63) is 52.2 Å². The standard InChI is InChI=1S/C19H23N3O3S/c1-25-19(24)15-4-6-16(7-5-15)20-18(23)14-22-10-8-21(9-11-22)13-17-3-2-12-26-17/h2-7,12H,8-11,13-14H2,1H3,(H,20,23)/p+2. The summed E-state index contributed by atoms with van der Waals surface area (Å²) in [6.07, 6.45) is 0. The topological polar surface area (TPSA) is 64.3 Å². The number of carbonyl (C=O) groups is 2. The Labute approximate surface area is 157 Å². The highest BCUT2D eigenvalue weighted by atomic mass is 32.1. The van der Waals surface area contributed by atoms with Crippen LogP contribution in [0, 0.1) is 0 Å². The Balaban J connectivity index is 1.42. The molecule has 0 spiro atoms. The van der Waals surface area contributed by atoms with E-state index in [1.165, 1.54) is 16.9 Å². The van der Waals surface area contributed by atoms with Gasteiger partial charge in [0.05, 0.1) is 17.6 Å². The number of rotatable bonds is 6. The molecule has 0 radical (unpaired) electrons. The molecule has 0 unspecified atom stereocenters. The molecule has 1 amide bonds. The number of esters is 1. The number of amides is 1. The summed E-state index contributed by atoms with van der Waals surface area (Å²) in [6, 6.07) is 11.0. The summed E-state index contributed by atoms with van der Waals surface area (Å²) in [5.74, 6) is -0.372. The largest absolute Gasteiger partial charge is 0.465 e. The molecule has 1 saturated heterocycles. The van der Waals surface area contributed by atoms with Gasteiger partial charge in [-0.2, -0.15) is 0 Å². The second kappa shape index (κ2) is 8.93. The molecule has 26 heavy (non-hydrogen) atoms. The van der Waals surface area contributed by atoms with Crippen LogP contribution in [0.1, 0.15) is 15.2 Å². The van der Waals surface area contributed by atoms with Gasteiger partial charge in [0, 0.05) is 5.69 Å². The summed E-state index contributed by atoms with van der Waals surface area (Å²) >= 11 is 1.81. The monoisotopic (exact) mass is 375 g/mol. The van der Waals surface area contributed by atoms with Gasteiger partial charge in [0.15, 0.2) is 6.54 Å². The number of benzene rings is 1. The molecule has 3 rings (SSSR count). The molecule has 1 fully saturated rings. The highest BCUT2D eigenvalue weighted by Crippen LogP contribution is 2.10. The van der Waals surface area contributed by atoms with E-state index in [-0.39, 0.29) is 11.9 Å². The first-order chi connectivity index (χ1) is 12.6. The molecular formula is C19H25N3O3S+2. The first-order valence-corrected chi connectivity index (χ1v) is 9.70. The molecular weight excluding hydrogens is 350 g/mol. The fourth-order valence-corrected chi connectivity index (χ4v) is 3.99. The van der Waals surface area contributed by atoms with Crippen molar-refractivity contribution in [2.45, 2.75) is 6.54 Å². The predicted molar refractivity (Wildman–Crippen MR) is 101 cm³/mol. The maximum Gasteiger partial charge on any atom is 0.337 e. The summed E-state index contributed by atoms with van der Waals surface area (Å²) in [7, 11) is 1.35. The number of ether oxygens (including phenoxy) is 1. The van der Waals surface area contributed by atoms with Gasteiger partial charge in [-0.05, 0) is 35.7 Å². The molecule has 0 aliphatic carbocycles. The van der Waals surface area contributed by atoms with Gasteiger partial charge in [-0.3, -0.25) is 4.79 Å². The Kier molecular flexibility index (Phi) is 6.38. The van der Waals surface area contributed by atoms with Crippen molar-refractivity contribution in [3.8, 4) is 0 Å². The van der Waals surface area contributed by atoms with Crippen molar-refractivity contribution < 1.29 is 24.1 Å². The van der Waals surface area contributed by atoms with Crippen molar-refractivity contribution in [2.24, 2.45) is 0 Å². The highest BCUT2D eigenvalue weighted by molar-refractivity contribution is 7.09. The summed E-state index contributed by atoms with van der Waals surface area (Å²) in [4.78, 5) is 28.0. The normalized spacial score (nSPS) is 19.7. The number of nitrogens with one attached hydrogen (secondary N) is 3. The lowest BCUT2D eigenvalue weighted by atomic mass is 10.2. The van der Waals surface area contributed by atoms with Crippen LogP contribution in [0.5, 0.6) is 0 Å². The molecule has 2 heterocycles. The van der Waals surface area contributed by atoms with E-state index in [4.69, 9.17) is 0 Å². The molecule has 1 aliphatic rings. The van der Waals surface area contributed by atoms with Crippen LogP contribution in [0.3, 0.4) is 0 Å². The predicted octanol–water partition coefficient (Wildman–Crippen LogP) is -0.543. The lowest BCUT2D eigenvalue weighted by Gasteiger charge is -2.29. The maximum atomic E-state index is 12.3. The Morgan fingerprint density at radius 2 is 1.77 bits per heavy atom. The molecule has 1 aromatic carbocycles. The smallest absolute Gasteiger partial charge is 0.337 e. The van der Waals surface area contributed by atoms with Gasteiger partial charge < -0.3 is 19.9 Å². The molecule has 6 nitrogen and oxygen atoms in total. The Morgan fingerprint density at radius 1 is 1.08 bits per heavy atom. The summed E-state index contributed by atoms with van der Waals surface area (Å²) in [6.45, 7) is 5.77. The van der Waals surface area contributed by atoms with Gasteiger partial charge in [-0.25, -0.2) is 4.79 Å². The molecule has 2 aromatic rings. The number of hydrogen-bond acceptors (Lipinski definition) is 4. The Bertz CT molecular complexity index is 723. The Hall–Kier alpha value is -2.22. The van der Waals surface area contributed by atoms with Crippen LogP contribution in [0.4, 0.5) is 5.69 Å². The van der Waals surface area contributed by atoms with E-state index in [1.54, 1.807) is 29.2 Å². The molecule has 0 bridgehead atoms.